The van der Waals surface area contributed by atoms with E-state index in [0.29, 0.717) is 11.9 Å². The second kappa shape index (κ2) is 9.33. The van der Waals surface area contributed by atoms with Gasteiger partial charge in [-0.05, 0) is 38.2 Å². The van der Waals surface area contributed by atoms with Crippen LogP contribution in [-0.2, 0) is 7.05 Å². The normalized spacial score (nSPS) is 11.8. The fourth-order valence-corrected chi connectivity index (χ4v) is 3.17. The van der Waals surface area contributed by atoms with Gasteiger partial charge in [-0.1, -0.05) is 56.3 Å². The summed E-state index contributed by atoms with van der Waals surface area (Å²) in [5, 5.41) is 9.52. The van der Waals surface area contributed by atoms with Gasteiger partial charge in [-0.2, -0.15) is 5.10 Å². The van der Waals surface area contributed by atoms with Crippen molar-refractivity contribution in [2.75, 3.05) is 26.0 Å². The van der Waals surface area contributed by atoms with Crippen LogP contribution >= 0.6 is 0 Å². The van der Waals surface area contributed by atoms with Crippen LogP contribution in [-0.4, -0.2) is 35.3 Å². The van der Waals surface area contributed by atoms with Gasteiger partial charge in [0.05, 0.1) is 11.4 Å². The molecule has 5 heteroatoms. The zero-order chi connectivity index (χ0) is 20.0. The quantitative estimate of drug-likeness (QED) is 0.742. The molecule has 2 aromatic carbocycles. The number of nitrogens with zero attached hydrogens (tertiary/aromatic N) is 3. The van der Waals surface area contributed by atoms with Crippen LogP contribution in [0.1, 0.15) is 31.0 Å². The molecule has 1 N–H and O–H groups in total. The number of aryl methyl sites for hydroxylation is 2. The molecule has 1 unspecified atom stereocenters. The van der Waals surface area contributed by atoms with Gasteiger partial charge in [-0.3, -0.25) is 4.79 Å². The van der Waals surface area contributed by atoms with Gasteiger partial charge >= 0.3 is 0 Å². The average molecular weight is 367 g/mol. The third kappa shape index (κ3) is 4.55. The molecule has 0 aliphatic heterocycles. The van der Waals surface area contributed by atoms with Crippen molar-refractivity contribution in [1.82, 2.24) is 14.7 Å². The smallest absolute Gasteiger partial charge is 0.274 e. The second-order valence-electron chi connectivity index (χ2n) is 6.55. The van der Waals surface area contributed by atoms with Crippen LogP contribution in [0.3, 0.4) is 0 Å². The number of anilines is 1. The van der Waals surface area contributed by atoms with Crippen molar-refractivity contribution in [2.45, 2.75) is 26.8 Å². The predicted octanol–water partition coefficient (Wildman–Crippen LogP) is 3.98. The van der Waals surface area contributed by atoms with Crippen LogP contribution in [0.5, 0.6) is 0 Å². The average Bonchev–Trinajstić information content (AvgIpc) is 2.68. The first kappa shape index (κ1) is 20.6. The molecule has 1 atom stereocenters. The molecule has 0 radical (unpaired) electrons. The van der Waals surface area contributed by atoms with Gasteiger partial charge in [-0.15, -0.1) is 0 Å². The number of rotatable bonds is 5. The molecular weight excluding hydrogens is 336 g/mol. The molecule has 0 spiro atoms. The number of benzene rings is 2. The highest BCUT2D eigenvalue weighted by molar-refractivity contribution is 5.93. The van der Waals surface area contributed by atoms with Crippen LogP contribution in [0.4, 0.5) is 5.82 Å². The molecule has 0 saturated carbocycles. The lowest BCUT2D eigenvalue weighted by atomic mass is 10.1. The van der Waals surface area contributed by atoms with Crippen molar-refractivity contribution in [1.29, 1.82) is 0 Å². The molecule has 0 amide bonds. The lowest BCUT2D eigenvalue weighted by molar-refractivity contribution is 0.311. The van der Waals surface area contributed by atoms with Gasteiger partial charge in [0.15, 0.2) is 5.82 Å². The molecule has 144 valence electrons. The summed E-state index contributed by atoms with van der Waals surface area (Å²) >= 11 is 0. The number of likely N-dealkylation sites (N-methyl/N-ethyl adjacent to an activating group) is 1. The third-order valence-electron chi connectivity index (χ3n) is 4.55. The standard InChI is InChI=1S/C20H24N4O.C2H6/c1-14-9-8-12-16-18(14)19(22-24(4)20(16)25)21-13-17(23(2)3)15-10-6-5-7-11-15;1-2/h5-12,17H,13H2,1-4H3,(H,21,22);1-2H3. The summed E-state index contributed by atoms with van der Waals surface area (Å²) < 4.78 is 1.40. The molecule has 5 nitrogen and oxygen atoms in total. The lowest BCUT2D eigenvalue weighted by Crippen LogP contribution is -2.28. The zero-order valence-electron chi connectivity index (χ0n) is 17.2. The number of hydrogen-bond donors (Lipinski definition) is 1. The van der Waals surface area contributed by atoms with Crippen molar-refractivity contribution in [3.63, 3.8) is 0 Å². The molecule has 1 heterocycles. The van der Waals surface area contributed by atoms with Crippen molar-refractivity contribution in [3.8, 4) is 0 Å². The molecule has 0 fully saturated rings. The fraction of sp³-hybridized carbons (Fsp3) is 0.364. The summed E-state index contributed by atoms with van der Waals surface area (Å²) in [6.45, 7) is 6.71. The lowest BCUT2D eigenvalue weighted by Gasteiger charge is -2.25. The van der Waals surface area contributed by atoms with E-state index in [-0.39, 0.29) is 11.6 Å². The molecule has 0 bridgehead atoms. The van der Waals surface area contributed by atoms with Crippen molar-refractivity contribution in [3.05, 3.63) is 70.0 Å². The minimum absolute atomic E-state index is 0.0727. The van der Waals surface area contributed by atoms with Gasteiger partial charge < -0.3 is 10.2 Å². The van der Waals surface area contributed by atoms with E-state index in [4.69, 9.17) is 0 Å². The minimum atomic E-state index is -0.0727. The Kier molecular flexibility index (Phi) is 7.13. The summed E-state index contributed by atoms with van der Waals surface area (Å²) in [4.78, 5) is 14.5. The fourth-order valence-electron chi connectivity index (χ4n) is 3.17. The van der Waals surface area contributed by atoms with Crippen LogP contribution in [0.25, 0.3) is 10.8 Å². The molecule has 3 rings (SSSR count). The Labute approximate surface area is 161 Å². The Balaban J connectivity index is 0.00000126. The molecule has 27 heavy (non-hydrogen) atoms. The minimum Gasteiger partial charge on any atom is -0.366 e. The molecule has 1 aromatic heterocycles. The van der Waals surface area contributed by atoms with E-state index in [0.717, 1.165) is 16.8 Å². The van der Waals surface area contributed by atoms with E-state index in [1.807, 2.05) is 45.0 Å². The van der Waals surface area contributed by atoms with Crippen LogP contribution in [0.2, 0.25) is 0 Å². The maximum absolute atomic E-state index is 12.4. The summed E-state index contributed by atoms with van der Waals surface area (Å²) in [5.74, 6) is 0.748. The molecule has 3 aromatic rings. The topological polar surface area (TPSA) is 50.2 Å². The summed E-state index contributed by atoms with van der Waals surface area (Å²) in [7, 11) is 5.82. The number of nitrogens with one attached hydrogen (secondary N) is 1. The highest BCUT2D eigenvalue weighted by Gasteiger charge is 2.16. The van der Waals surface area contributed by atoms with Gasteiger partial charge in [0, 0.05) is 19.0 Å². The van der Waals surface area contributed by atoms with E-state index < -0.39 is 0 Å². The number of fused-ring (bicyclic) bond motifs is 1. The molecule has 0 aliphatic carbocycles. The van der Waals surface area contributed by atoms with Gasteiger partial charge in [0.1, 0.15) is 0 Å². The van der Waals surface area contributed by atoms with E-state index in [2.05, 4.69) is 53.7 Å². The highest BCUT2D eigenvalue weighted by Crippen LogP contribution is 2.24. The van der Waals surface area contributed by atoms with Crippen LogP contribution in [0, 0.1) is 6.92 Å². The van der Waals surface area contributed by atoms with E-state index in [1.165, 1.54) is 10.2 Å². The van der Waals surface area contributed by atoms with E-state index in [1.54, 1.807) is 7.05 Å². The Morgan fingerprint density at radius 3 is 2.37 bits per heavy atom. The van der Waals surface area contributed by atoms with Gasteiger partial charge in [0.2, 0.25) is 0 Å². The van der Waals surface area contributed by atoms with E-state index >= 15 is 0 Å². The Bertz CT molecular complexity index is 932. The Morgan fingerprint density at radius 1 is 1.07 bits per heavy atom. The van der Waals surface area contributed by atoms with Crippen molar-refractivity contribution >= 4 is 16.6 Å². The van der Waals surface area contributed by atoms with Gasteiger partial charge in [0.25, 0.3) is 5.56 Å². The predicted molar refractivity (Wildman–Crippen MR) is 114 cm³/mol. The van der Waals surface area contributed by atoms with Crippen LogP contribution < -0.4 is 10.9 Å². The zero-order valence-corrected chi connectivity index (χ0v) is 17.2. The molecule has 0 aliphatic rings. The number of aromatic nitrogens is 2. The first-order chi connectivity index (χ1) is 13.0. The van der Waals surface area contributed by atoms with Crippen molar-refractivity contribution < 1.29 is 0 Å². The first-order valence-electron chi connectivity index (χ1n) is 9.41. The molecule has 0 saturated heterocycles. The summed E-state index contributed by atoms with van der Waals surface area (Å²) in [5.41, 5.74) is 2.22. The number of hydrogen-bond acceptors (Lipinski definition) is 4. The first-order valence-corrected chi connectivity index (χ1v) is 9.41. The summed E-state index contributed by atoms with van der Waals surface area (Å²) in [6.07, 6.45) is 0. The monoisotopic (exact) mass is 366 g/mol. The summed E-state index contributed by atoms with van der Waals surface area (Å²) in [6, 6.07) is 16.4. The maximum atomic E-state index is 12.4. The third-order valence-corrected chi connectivity index (χ3v) is 4.55. The largest absolute Gasteiger partial charge is 0.366 e. The Morgan fingerprint density at radius 2 is 1.74 bits per heavy atom. The maximum Gasteiger partial charge on any atom is 0.274 e. The highest BCUT2D eigenvalue weighted by atomic mass is 16.1. The SMILES string of the molecule is CC.Cc1cccc2c(=O)n(C)nc(NCC(c3ccccc3)N(C)C)c12. The van der Waals surface area contributed by atoms with Gasteiger partial charge in [-0.25, -0.2) is 4.68 Å². The Hall–Kier alpha value is -2.66. The second-order valence-corrected chi connectivity index (χ2v) is 6.55. The molecular formula is C22H30N4O. The van der Waals surface area contributed by atoms with Crippen LogP contribution in [0.15, 0.2) is 53.3 Å². The van der Waals surface area contributed by atoms with Crippen molar-refractivity contribution in [2.24, 2.45) is 7.05 Å². The van der Waals surface area contributed by atoms with E-state index in [9.17, 15) is 4.79 Å².